The molecule has 0 bridgehead atoms. The lowest BCUT2D eigenvalue weighted by Crippen LogP contribution is -2.38. The second-order valence-electron chi connectivity index (χ2n) is 6.89. The summed E-state index contributed by atoms with van der Waals surface area (Å²) in [7, 11) is -1.64. The topological polar surface area (TPSA) is 75.5 Å². The van der Waals surface area contributed by atoms with Crippen molar-refractivity contribution in [1.29, 1.82) is 0 Å². The number of amides is 1. The summed E-state index contributed by atoms with van der Waals surface area (Å²) >= 11 is 1.25. The Balaban J connectivity index is 1.59. The highest BCUT2D eigenvalue weighted by Gasteiger charge is 2.33. The van der Waals surface area contributed by atoms with Gasteiger partial charge in [0.15, 0.2) is 0 Å². The normalized spacial score (nSPS) is 22.3. The summed E-state index contributed by atoms with van der Waals surface area (Å²) in [6.07, 6.45) is 2.56. The van der Waals surface area contributed by atoms with Gasteiger partial charge < -0.3 is 4.90 Å². The van der Waals surface area contributed by atoms with Gasteiger partial charge in [0.25, 0.3) is 15.9 Å². The minimum atomic E-state index is -3.44. The van der Waals surface area contributed by atoms with Crippen molar-refractivity contribution in [2.24, 2.45) is 0 Å². The maximum atomic E-state index is 12.8. The molecule has 0 spiro atoms. The van der Waals surface area contributed by atoms with Crippen molar-refractivity contribution in [3.05, 3.63) is 35.0 Å². The standard InChI is InChI=1S/C17H22N4O3S2/c1-19-7-4-9-21-15(17(19)22)11-14(18-21)13-5-2-8-20(12-13)26(23,24)16-6-3-10-25-16/h3,6,10-11,13H,2,4-5,7-9,12H2,1H3. The van der Waals surface area contributed by atoms with E-state index in [1.807, 2.05) is 6.07 Å². The number of hydrogen-bond donors (Lipinski definition) is 0. The number of nitrogens with zero attached hydrogens (tertiary/aromatic N) is 4. The Labute approximate surface area is 157 Å². The van der Waals surface area contributed by atoms with E-state index in [2.05, 4.69) is 5.10 Å². The molecule has 2 aliphatic heterocycles. The summed E-state index contributed by atoms with van der Waals surface area (Å²) in [5.74, 6) is 0.0103. The van der Waals surface area contributed by atoms with Crippen LogP contribution in [-0.4, -0.2) is 60.0 Å². The average Bonchev–Trinajstić information content (AvgIpc) is 3.29. The number of sulfonamides is 1. The maximum absolute atomic E-state index is 12.8. The van der Waals surface area contributed by atoms with Crippen LogP contribution in [0.1, 0.15) is 41.4 Å². The number of hydrogen-bond acceptors (Lipinski definition) is 5. The zero-order chi connectivity index (χ0) is 18.3. The van der Waals surface area contributed by atoms with Crippen LogP contribution in [0.5, 0.6) is 0 Å². The van der Waals surface area contributed by atoms with Crippen LogP contribution in [-0.2, 0) is 16.6 Å². The second kappa shape index (κ2) is 6.79. The highest BCUT2D eigenvalue weighted by Crippen LogP contribution is 2.31. The van der Waals surface area contributed by atoms with Crippen molar-refractivity contribution in [1.82, 2.24) is 19.0 Å². The molecule has 1 saturated heterocycles. The fraction of sp³-hybridized carbons (Fsp3) is 0.529. The van der Waals surface area contributed by atoms with Gasteiger partial charge in [-0.2, -0.15) is 9.40 Å². The predicted octanol–water partition coefficient (Wildman–Crippen LogP) is 1.99. The van der Waals surface area contributed by atoms with Crippen LogP contribution < -0.4 is 0 Å². The van der Waals surface area contributed by atoms with Gasteiger partial charge in [-0.3, -0.25) is 9.48 Å². The van der Waals surface area contributed by atoms with E-state index in [0.29, 0.717) is 23.0 Å². The lowest BCUT2D eigenvalue weighted by molar-refractivity contribution is 0.0796. The molecule has 1 amide bonds. The van der Waals surface area contributed by atoms with Crippen LogP contribution in [0.4, 0.5) is 0 Å². The number of carbonyl (C=O) groups excluding carboxylic acids is 1. The molecule has 7 nitrogen and oxygen atoms in total. The minimum absolute atomic E-state index is 0.0138. The average molecular weight is 395 g/mol. The summed E-state index contributed by atoms with van der Waals surface area (Å²) in [5, 5.41) is 6.43. The Bertz CT molecular complexity index is 905. The number of aryl methyl sites for hydroxylation is 1. The highest BCUT2D eigenvalue weighted by molar-refractivity contribution is 7.91. The van der Waals surface area contributed by atoms with Crippen LogP contribution in [0.2, 0.25) is 0 Å². The van der Waals surface area contributed by atoms with Crippen molar-refractivity contribution in [3.63, 3.8) is 0 Å². The molecule has 26 heavy (non-hydrogen) atoms. The third-order valence-corrected chi connectivity index (χ3v) is 8.36. The molecule has 2 aromatic heterocycles. The maximum Gasteiger partial charge on any atom is 0.271 e. The van der Waals surface area contributed by atoms with E-state index < -0.39 is 10.0 Å². The fourth-order valence-corrected chi connectivity index (χ4v) is 6.34. The number of aromatic nitrogens is 2. The van der Waals surface area contributed by atoms with Crippen molar-refractivity contribution in [2.75, 3.05) is 26.7 Å². The molecule has 9 heteroatoms. The summed E-state index contributed by atoms with van der Waals surface area (Å²) < 4.78 is 29.4. The molecule has 4 rings (SSSR count). The first-order valence-corrected chi connectivity index (χ1v) is 11.2. The largest absolute Gasteiger partial charge is 0.340 e. The molecular formula is C17H22N4O3S2. The molecule has 2 aliphatic rings. The predicted molar refractivity (Wildman–Crippen MR) is 98.9 cm³/mol. The summed E-state index contributed by atoms with van der Waals surface area (Å²) in [5.41, 5.74) is 1.44. The molecule has 2 aromatic rings. The Morgan fingerprint density at radius 3 is 2.85 bits per heavy atom. The number of carbonyl (C=O) groups is 1. The van der Waals surface area contributed by atoms with E-state index >= 15 is 0 Å². The Hall–Kier alpha value is -1.71. The van der Waals surface area contributed by atoms with Gasteiger partial charge in [0.1, 0.15) is 9.90 Å². The van der Waals surface area contributed by atoms with Crippen LogP contribution in [0.3, 0.4) is 0 Å². The monoisotopic (exact) mass is 394 g/mol. The van der Waals surface area contributed by atoms with E-state index in [9.17, 15) is 13.2 Å². The van der Waals surface area contributed by atoms with Crippen molar-refractivity contribution >= 4 is 27.3 Å². The minimum Gasteiger partial charge on any atom is -0.340 e. The number of fused-ring (bicyclic) bond motifs is 1. The summed E-state index contributed by atoms with van der Waals surface area (Å²) in [6, 6.07) is 5.26. The lowest BCUT2D eigenvalue weighted by atomic mass is 9.96. The third-order valence-electron chi connectivity index (χ3n) is 5.12. The van der Waals surface area contributed by atoms with E-state index in [4.69, 9.17) is 0 Å². The van der Waals surface area contributed by atoms with Gasteiger partial charge >= 0.3 is 0 Å². The molecule has 1 atom stereocenters. The van der Waals surface area contributed by atoms with Crippen molar-refractivity contribution in [3.8, 4) is 0 Å². The molecule has 0 saturated carbocycles. The summed E-state index contributed by atoms with van der Waals surface area (Å²) in [4.78, 5) is 14.2. The third kappa shape index (κ3) is 3.08. The molecule has 0 radical (unpaired) electrons. The number of thiophene rings is 1. The van der Waals surface area contributed by atoms with Gasteiger partial charge in [-0.05, 0) is 36.8 Å². The first-order valence-electron chi connectivity index (χ1n) is 8.83. The van der Waals surface area contributed by atoms with Gasteiger partial charge in [-0.1, -0.05) is 6.07 Å². The van der Waals surface area contributed by atoms with Gasteiger partial charge in [0, 0.05) is 39.1 Å². The Kier molecular flexibility index (Phi) is 4.62. The smallest absolute Gasteiger partial charge is 0.271 e. The number of rotatable bonds is 3. The van der Waals surface area contributed by atoms with Crippen molar-refractivity contribution in [2.45, 2.75) is 35.9 Å². The molecule has 0 N–H and O–H groups in total. The molecule has 140 valence electrons. The Morgan fingerprint density at radius 1 is 1.23 bits per heavy atom. The van der Waals surface area contributed by atoms with Crippen LogP contribution in [0.25, 0.3) is 0 Å². The highest BCUT2D eigenvalue weighted by atomic mass is 32.2. The van der Waals surface area contributed by atoms with Gasteiger partial charge in [-0.25, -0.2) is 8.42 Å². The second-order valence-corrected chi connectivity index (χ2v) is 10.0. The Morgan fingerprint density at radius 2 is 2.08 bits per heavy atom. The number of piperidine rings is 1. The lowest BCUT2D eigenvalue weighted by Gasteiger charge is -2.30. The van der Waals surface area contributed by atoms with E-state index in [1.165, 1.54) is 11.3 Å². The van der Waals surface area contributed by atoms with Crippen LogP contribution in [0.15, 0.2) is 27.8 Å². The van der Waals surface area contributed by atoms with Gasteiger partial charge in [0.05, 0.1) is 5.69 Å². The van der Waals surface area contributed by atoms with Crippen molar-refractivity contribution < 1.29 is 13.2 Å². The van der Waals surface area contributed by atoms with E-state index in [-0.39, 0.29) is 11.8 Å². The van der Waals surface area contributed by atoms with Gasteiger partial charge in [-0.15, -0.1) is 11.3 Å². The first-order chi connectivity index (χ1) is 12.5. The van der Waals surface area contributed by atoms with Gasteiger partial charge in [0.2, 0.25) is 0 Å². The molecule has 4 heterocycles. The first kappa shape index (κ1) is 17.7. The zero-order valence-electron chi connectivity index (χ0n) is 14.7. The molecular weight excluding hydrogens is 372 g/mol. The van der Waals surface area contributed by atoms with E-state index in [1.54, 1.807) is 38.4 Å². The molecule has 0 aliphatic carbocycles. The van der Waals surface area contributed by atoms with Crippen LogP contribution >= 0.6 is 11.3 Å². The summed E-state index contributed by atoms with van der Waals surface area (Å²) in [6.45, 7) is 2.40. The molecule has 1 unspecified atom stereocenters. The molecule has 0 aromatic carbocycles. The van der Waals surface area contributed by atoms with Crippen LogP contribution in [0, 0.1) is 0 Å². The quantitative estimate of drug-likeness (QED) is 0.798. The zero-order valence-corrected chi connectivity index (χ0v) is 16.3. The SMILES string of the molecule is CN1CCCn2nc(C3CCCN(S(=O)(=O)c4cccs4)C3)cc2C1=O. The van der Waals surface area contributed by atoms with E-state index in [0.717, 1.165) is 38.0 Å². The fourth-order valence-electron chi connectivity index (χ4n) is 3.67. The molecule has 1 fully saturated rings.